The smallest absolute Gasteiger partial charge is 0.326 e. The first-order valence-corrected chi connectivity index (χ1v) is 6.62. The molecule has 1 heterocycles. The highest BCUT2D eigenvalue weighted by Crippen LogP contribution is 2.06. The van der Waals surface area contributed by atoms with Gasteiger partial charge >= 0.3 is 12.0 Å². The topological polar surface area (TPSA) is 93.1 Å². The minimum Gasteiger partial charge on any atom is -0.480 e. The normalized spacial score (nSPS) is 17.2. The second kappa shape index (κ2) is 7.96. The van der Waals surface area contributed by atoms with E-state index >= 15 is 0 Å². The minimum absolute atomic E-state index is 0.0149. The molecule has 0 aliphatic carbocycles. The monoisotopic (exact) mass is 273 g/mol. The minimum atomic E-state index is -1.13. The number of rotatable bonds is 7. The fraction of sp³-hybridized carbons (Fsp3) is 0.833. The predicted molar refractivity (Wildman–Crippen MR) is 70.0 cm³/mol. The lowest BCUT2D eigenvalue weighted by molar-refractivity contribution is -0.139. The summed E-state index contributed by atoms with van der Waals surface area (Å²) in [5.41, 5.74) is 0. The van der Waals surface area contributed by atoms with Crippen LogP contribution < -0.4 is 5.32 Å². The van der Waals surface area contributed by atoms with Crippen molar-refractivity contribution >= 4 is 12.0 Å². The number of hydrogen-bond acceptors (Lipinski definition) is 4. The van der Waals surface area contributed by atoms with Crippen molar-refractivity contribution < 1.29 is 19.8 Å². The first-order valence-electron chi connectivity index (χ1n) is 6.62. The molecule has 7 nitrogen and oxygen atoms in total. The highest BCUT2D eigenvalue weighted by atomic mass is 16.4. The summed E-state index contributed by atoms with van der Waals surface area (Å²) in [5.74, 6) is -1.13. The van der Waals surface area contributed by atoms with E-state index in [1.54, 1.807) is 7.05 Å². The van der Waals surface area contributed by atoms with Crippen molar-refractivity contribution in [3.63, 3.8) is 0 Å². The number of nitrogens with one attached hydrogen (secondary N) is 1. The van der Waals surface area contributed by atoms with Crippen molar-refractivity contribution in [2.75, 3.05) is 39.8 Å². The molecular formula is C12H23N3O4. The molecule has 1 atom stereocenters. The Balaban J connectivity index is 2.31. The summed E-state index contributed by atoms with van der Waals surface area (Å²) in [4.78, 5) is 26.4. The van der Waals surface area contributed by atoms with Crippen molar-refractivity contribution in [1.82, 2.24) is 15.1 Å². The molecular weight excluding hydrogens is 250 g/mol. The number of urea groups is 1. The number of nitrogens with zero attached hydrogens (tertiary/aromatic N) is 2. The average Bonchev–Trinajstić information content (AvgIpc) is 2.88. The van der Waals surface area contributed by atoms with Gasteiger partial charge in [-0.15, -0.1) is 0 Å². The zero-order valence-electron chi connectivity index (χ0n) is 11.3. The lowest BCUT2D eigenvalue weighted by Gasteiger charge is -2.23. The van der Waals surface area contributed by atoms with Crippen LogP contribution in [0.15, 0.2) is 0 Å². The Bertz CT molecular complexity index is 305. The Kier molecular flexibility index (Phi) is 6.58. The number of carbonyl (C=O) groups is 2. The van der Waals surface area contributed by atoms with Gasteiger partial charge in [0, 0.05) is 33.2 Å². The zero-order valence-corrected chi connectivity index (χ0v) is 11.3. The lowest BCUT2D eigenvalue weighted by atomic mass is 10.2. The largest absolute Gasteiger partial charge is 0.480 e. The van der Waals surface area contributed by atoms with Crippen LogP contribution in [0.2, 0.25) is 0 Å². The van der Waals surface area contributed by atoms with Crippen LogP contribution in [0.5, 0.6) is 0 Å². The molecule has 0 radical (unpaired) electrons. The summed E-state index contributed by atoms with van der Waals surface area (Å²) >= 11 is 0. The highest BCUT2D eigenvalue weighted by molar-refractivity contribution is 5.82. The first kappa shape index (κ1) is 15.7. The van der Waals surface area contributed by atoms with Gasteiger partial charge in [0.05, 0.1) is 0 Å². The van der Waals surface area contributed by atoms with E-state index in [2.05, 4.69) is 10.2 Å². The number of aliphatic carboxylic acids is 1. The number of aliphatic hydroxyl groups is 1. The van der Waals surface area contributed by atoms with Gasteiger partial charge in [0.15, 0.2) is 0 Å². The van der Waals surface area contributed by atoms with Crippen molar-refractivity contribution in [3.8, 4) is 0 Å². The van der Waals surface area contributed by atoms with Crippen molar-refractivity contribution in [1.29, 1.82) is 0 Å². The summed E-state index contributed by atoms with van der Waals surface area (Å²) < 4.78 is 0. The van der Waals surface area contributed by atoms with Crippen molar-refractivity contribution in [3.05, 3.63) is 0 Å². The predicted octanol–water partition coefficient (Wildman–Crippen LogP) is -0.441. The Hall–Kier alpha value is -1.34. The Morgan fingerprint density at radius 1 is 1.37 bits per heavy atom. The molecule has 0 spiro atoms. The van der Waals surface area contributed by atoms with Crippen LogP contribution >= 0.6 is 0 Å². The van der Waals surface area contributed by atoms with E-state index in [4.69, 9.17) is 10.2 Å². The SMILES string of the molecule is CN(CCN1CCCC1)C(=O)N[C@H](CCO)C(=O)O. The summed E-state index contributed by atoms with van der Waals surface area (Å²) in [6, 6.07) is -1.45. The van der Waals surface area contributed by atoms with Crippen LogP contribution in [-0.4, -0.2) is 77.9 Å². The van der Waals surface area contributed by atoms with Crippen LogP contribution in [0.4, 0.5) is 4.79 Å². The van der Waals surface area contributed by atoms with E-state index in [0.29, 0.717) is 6.54 Å². The van der Waals surface area contributed by atoms with Gasteiger partial charge in [-0.05, 0) is 25.9 Å². The van der Waals surface area contributed by atoms with Crippen molar-refractivity contribution in [2.45, 2.75) is 25.3 Å². The Morgan fingerprint density at radius 2 is 2.00 bits per heavy atom. The maximum Gasteiger partial charge on any atom is 0.326 e. The van der Waals surface area contributed by atoms with E-state index < -0.39 is 18.0 Å². The van der Waals surface area contributed by atoms with E-state index in [9.17, 15) is 9.59 Å². The first-order chi connectivity index (χ1) is 9.04. The number of carboxylic acids is 1. The summed E-state index contributed by atoms with van der Waals surface area (Å²) in [5, 5.41) is 20.0. The third-order valence-electron chi connectivity index (χ3n) is 3.31. The molecule has 7 heteroatoms. The summed E-state index contributed by atoms with van der Waals surface area (Å²) in [7, 11) is 1.64. The van der Waals surface area contributed by atoms with Gasteiger partial charge in [-0.3, -0.25) is 0 Å². The second-order valence-electron chi connectivity index (χ2n) is 4.82. The fourth-order valence-corrected chi connectivity index (χ4v) is 2.04. The van der Waals surface area contributed by atoms with Gasteiger partial charge in [-0.2, -0.15) is 0 Å². The van der Waals surface area contributed by atoms with Gasteiger partial charge in [-0.1, -0.05) is 0 Å². The number of amides is 2. The third-order valence-corrected chi connectivity index (χ3v) is 3.31. The average molecular weight is 273 g/mol. The zero-order chi connectivity index (χ0) is 14.3. The number of carbonyl (C=O) groups excluding carboxylic acids is 1. The molecule has 3 N–H and O–H groups in total. The van der Waals surface area contributed by atoms with E-state index in [1.807, 2.05) is 0 Å². The summed E-state index contributed by atoms with van der Waals surface area (Å²) in [6.45, 7) is 3.24. The highest BCUT2D eigenvalue weighted by Gasteiger charge is 2.21. The van der Waals surface area contributed by atoms with E-state index in [-0.39, 0.29) is 13.0 Å². The fourth-order valence-electron chi connectivity index (χ4n) is 2.04. The molecule has 1 aliphatic heterocycles. The second-order valence-corrected chi connectivity index (χ2v) is 4.82. The van der Waals surface area contributed by atoms with E-state index in [0.717, 1.165) is 19.6 Å². The molecule has 0 aromatic carbocycles. The molecule has 0 aromatic rings. The number of hydrogen-bond donors (Lipinski definition) is 3. The number of likely N-dealkylation sites (N-methyl/N-ethyl adjacent to an activating group) is 1. The Morgan fingerprint density at radius 3 is 2.53 bits per heavy atom. The molecule has 0 saturated carbocycles. The molecule has 1 fully saturated rings. The quantitative estimate of drug-likeness (QED) is 0.585. The van der Waals surface area contributed by atoms with E-state index in [1.165, 1.54) is 17.7 Å². The molecule has 19 heavy (non-hydrogen) atoms. The molecule has 0 bridgehead atoms. The molecule has 1 saturated heterocycles. The maximum atomic E-state index is 11.8. The van der Waals surface area contributed by atoms with Crippen LogP contribution in [-0.2, 0) is 4.79 Å². The Labute approximate surface area is 113 Å². The molecule has 1 aliphatic rings. The number of likely N-dealkylation sites (tertiary alicyclic amines) is 1. The lowest BCUT2D eigenvalue weighted by Crippen LogP contribution is -2.48. The molecule has 110 valence electrons. The van der Waals surface area contributed by atoms with Crippen LogP contribution in [0.25, 0.3) is 0 Å². The van der Waals surface area contributed by atoms with Gasteiger partial charge < -0.3 is 25.3 Å². The van der Waals surface area contributed by atoms with Gasteiger partial charge in [0.1, 0.15) is 6.04 Å². The third kappa shape index (κ3) is 5.44. The van der Waals surface area contributed by atoms with Crippen LogP contribution in [0, 0.1) is 0 Å². The standard InChI is InChI=1S/C12H23N3O4/c1-14(7-8-15-5-2-3-6-15)12(19)13-10(4-9-16)11(17)18/h10,16H,2-9H2,1H3,(H,13,19)(H,17,18)/t10-/m1/s1. The van der Waals surface area contributed by atoms with Crippen LogP contribution in [0.3, 0.4) is 0 Å². The molecule has 2 amide bonds. The molecule has 1 rings (SSSR count). The molecule has 0 unspecified atom stereocenters. The molecule has 0 aromatic heterocycles. The van der Waals surface area contributed by atoms with Gasteiger partial charge in [-0.25, -0.2) is 9.59 Å². The van der Waals surface area contributed by atoms with Gasteiger partial charge in [0.2, 0.25) is 0 Å². The van der Waals surface area contributed by atoms with Crippen molar-refractivity contribution in [2.24, 2.45) is 0 Å². The summed E-state index contributed by atoms with van der Waals surface area (Å²) in [6.07, 6.45) is 2.42. The van der Waals surface area contributed by atoms with Gasteiger partial charge in [0.25, 0.3) is 0 Å². The maximum absolute atomic E-state index is 11.8. The number of carboxylic acid groups (broad SMARTS) is 1. The van der Waals surface area contributed by atoms with Crippen LogP contribution in [0.1, 0.15) is 19.3 Å². The number of aliphatic hydroxyl groups excluding tert-OH is 1.